The standard InChI is InChI=1S/C23H24F2N4O3S/c1-4-29-13(3)19(21(30)32-5-2)20(28-23(29)33)14-6-8-15(9-7-14)26-22(31)27-16-10-11-17(24)18(25)12-16/h6-12,20H,4-5H2,1-3H3,(H,28,33)(H2,26,27,31). The van der Waals surface area contributed by atoms with Gasteiger partial charge >= 0.3 is 12.0 Å². The van der Waals surface area contributed by atoms with Gasteiger partial charge in [-0.3, -0.25) is 0 Å². The predicted molar refractivity (Wildman–Crippen MR) is 126 cm³/mol. The summed E-state index contributed by atoms with van der Waals surface area (Å²) in [5.41, 5.74) is 2.51. The second-order valence-electron chi connectivity index (χ2n) is 7.18. The third-order valence-electron chi connectivity index (χ3n) is 5.09. The quantitative estimate of drug-likeness (QED) is 0.416. The van der Waals surface area contributed by atoms with Crippen molar-refractivity contribution in [3.8, 4) is 0 Å². The van der Waals surface area contributed by atoms with Crippen molar-refractivity contribution in [1.29, 1.82) is 0 Å². The Labute approximate surface area is 195 Å². The summed E-state index contributed by atoms with van der Waals surface area (Å²) in [5, 5.41) is 8.74. The molecule has 10 heteroatoms. The summed E-state index contributed by atoms with van der Waals surface area (Å²) >= 11 is 5.46. The molecule has 0 radical (unpaired) electrons. The first-order valence-electron chi connectivity index (χ1n) is 10.3. The predicted octanol–water partition coefficient (Wildman–Crippen LogP) is 4.70. The lowest BCUT2D eigenvalue weighted by molar-refractivity contribution is -0.139. The van der Waals surface area contributed by atoms with E-state index in [2.05, 4.69) is 16.0 Å². The molecule has 0 fully saturated rings. The maximum Gasteiger partial charge on any atom is 0.338 e. The highest BCUT2D eigenvalue weighted by atomic mass is 32.1. The van der Waals surface area contributed by atoms with Gasteiger partial charge in [0, 0.05) is 29.7 Å². The Kier molecular flexibility index (Phi) is 7.59. The number of nitrogens with one attached hydrogen (secondary N) is 3. The number of ether oxygens (including phenoxy) is 1. The number of benzene rings is 2. The molecule has 0 saturated heterocycles. The van der Waals surface area contributed by atoms with E-state index in [0.717, 1.165) is 23.4 Å². The van der Waals surface area contributed by atoms with Crippen molar-refractivity contribution < 1.29 is 23.1 Å². The zero-order valence-electron chi connectivity index (χ0n) is 18.4. The number of hydrogen-bond donors (Lipinski definition) is 3. The Bertz CT molecular complexity index is 1110. The molecule has 0 spiro atoms. The van der Waals surface area contributed by atoms with Crippen molar-refractivity contribution in [2.45, 2.75) is 26.8 Å². The Morgan fingerprint density at radius 3 is 2.30 bits per heavy atom. The maximum atomic E-state index is 13.3. The van der Waals surface area contributed by atoms with Gasteiger partial charge < -0.3 is 25.6 Å². The van der Waals surface area contributed by atoms with Crippen LogP contribution in [0.5, 0.6) is 0 Å². The third kappa shape index (κ3) is 5.46. The zero-order valence-corrected chi connectivity index (χ0v) is 19.2. The van der Waals surface area contributed by atoms with E-state index < -0.39 is 29.7 Å². The minimum atomic E-state index is -1.06. The summed E-state index contributed by atoms with van der Waals surface area (Å²) in [4.78, 5) is 26.7. The van der Waals surface area contributed by atoms with E-state index in [1.165, 1.54) is 6.07 Å². The molecule has 2 aromatic carbocycles. The summed E-state index contributed by atoms with van der Waals surface area (Å²) in [6.45, 7) is 6.35. The van der Waals surface area contributed by atoms with Gasteiger partial charge in [0.1, 0.15) is 0 Å². The number of anilines is 2. The largest absolute Gasteiger partial charge is 0.463 e. The first-order chi connectivity index (χ1) is 15.7. The highest BCUT2D eigenvalue weighted by molar-refractivity contribution is 7.80. The topological polar surface area (TPSA) is 82.7 Å². The molecule has 33 heavy (non-hydrogen) atoms. The number of nitrogens with zero attached hydrogens (tertiary/aromatic N) is 1. The first kappa shape index (κ1) is 24.1. The van der Waals surface area contributed by atoms with Crippen LogP contribution in [0.3, 0.4) is 0 Å². The Morgan fingerprint density at radius 2 is 1.70 bits per heavy atom. The number of rotatable bonds is 6. The van der Waals surface area contributed by atoms with Crippen molar-refractivity contribution in [2.24, 2.45) is 0 Å². The number of allylic oxidation sites excluding steroid dienone is 1. The number of amides is 2. The van der Waals surface area contributed by atoms with Crippen LogP contribution >= 0.6 is 12.2 Å². The normalized spacial score (nSPS) is 15.7. The fourth-order valence-electron chi connectivity index (χ4n) is 3.51. The first-order valence-corrected chi connectivity index (χ1v) is 10.7. The van der Waals surface area contributed by atoms with Gasteiger partial charge in [0.15, 0.2) is 16.7 Å². The molecular weight excluding hydrogens is 450 g/mol. The highest BCUT2D eigenvalue weighted by Gasteiger charge is 2.34. The van der Waals surface area contributed by atoms with Gasteiger partial charge in [-0.25, -0.2) is 18.4 Å². The van der Waals surface area contributed by atoms with Crippen molar-refractivity contribution >= 4 is 40.7 Å². The monoisotopic (exact) mass is 474 g/mol. The van der Waals surface area contributed by atoms with E-state index in [0.29, 0.717) is 22.9 Å². The van der Waals surface area contributed by atoms with Gasteiger partial charge in [0.2, 0.25) is 0 Å². The fourth-order valence-corrected chi connectivity index (χ4v) is 3.90. The minimum Gasteiger partial charge on any atom is -0.463 e. The SMILES string of the molecule is CCOC(=O)C1=C(C)N(CC)C(=S)NC1c1ccc(NC(=O)Nc2ccc(F)c(F)c2)cc1. The van der Waals surface area contributed by atoms with Crippen LogP contribution in [0.25, 0.3) is 0 Å². The van der Waals surface area contributed by atoms with Crippen molar-refractivity contribution in [3.05, 3.63) is 70.9 Å². The molecule has 0 saturated carbocycles. The Morgan fingerprint density at radius 1 is 1.06 bits per heavy atom. The Hall–Kier alpha value is -3.53. The van der Waals surface area contributed by atoms with E-state index in [1.54, 1.807) is 31.2 Å². The number of urea groups is 1. The highest BCUT2D eigenvalue weighted by Crippen LogP contribution is 2.32. The maximum absolute atomic E-state index is 13.3. The van der Waals surface area contributed by atoms with Crippen LogP contribution in [0.2, 0.25) is 0 Å². The molecule has 1 unspecified atom stereocenters. The van der Waals surface area contributed by atoms with Crippen LogP contribution in [0.4, 0.5) is 25.0 Å². The fraction of sp³-hybridized carbons (Fsp3) is 0.261. The second kappa shape index (κ2) is 10.4. The van der Waals surface area contributed by atoms with Crippen LogP contribution < -0.4 is 16.0 Å². The van der Waals surface area contributed by atoms with Crippen LogP contribution in [0.15, 0.2) is 53.7 Å². The summed E-state index contributed by atoms with van der Waals surface area (Å²) in [5.74, 6) is -2.49. The molecule has 3 rings (SSSR count). The molecule has 7 nitrogen and oxygen atoms in total. The lowest BCUT2D eigenvalue weighted by Gasteiger charge is -2.37. The van der Waals surface area contributed by atoms with E-state index in [4.69, 9.17) is 17.0 Å². The Balaban J connectivity index is 1.78. The number of esters is 1. The van der Waals surface area contributed by atoms with Gasteiger partial charge in [-0.1, -0.05) is 12.1 Å². The number of halogens is 2. The number of carbonyl (C=O) groups is 2. The molecule has 1 aliphatic rings. The van der Waals surface area contributed by atoms with Crippen molar-refractivity contribution in [2.75, 3.05) is 23.8 Å². The van der Waals surface area contributed by atoms with E-state index in [-0.39, 0.29) is 12.3 Å². The number of thiocarbonyl (C=S) groups is 1. The average Bonchev–Trinajstić information content (AvgIpc) is 2.77. The van der Waals surface area contributed by atoms with Gasteiger partial charge in [0.25, 0.3) is 0 Å². The number of hydrogen-bond acceptors (Lipinski definition) is 4. The smallest absolute Gasteiger partial charge is 0.338 e. The molecule has 1 heterocycles. The van der Waals surface area contributed by atoms with Gasteiger partial charge in [-0.15, -0.1) is 0 Å². The second-order valence-corrected chi connectivity index (χ2v) is 7.56. The molecule has 3 N–H and O–H groups in total. The van der Waals surface area contributed by atoms with Crippen molar-refractivity contribution in [1.82, 2.24) is 10.2 Å². The van der Waals surface area contributed by atoms with Crippen LogP contribution in [-0.4, -0.2) is 35.2 Å². The molecule has 1 atom stereocenters. The van der Waals surface area contributed by atoms with Crippen molar-refractivity contribution in [3.63, 3.8) is 0 Å². The summed E-state index contributed by atoms with van der Waals surface area (Å²) in [7, 11) is 0. The van der Waals surface area contributed by atoms with Gasteiger partial charge in [-0.05, 0) is 62.8 Å². The van der Waals surface area contributed by atoms with Gasteiger partial charge in [0.05, 0.1) is 18.2 Å². The lowest BCUT2D eigenvalue weighted by atomic mass is 9.95. The minimum absolute atomic E-state index is 0.114. The molecular formula is C23H24F2N4O3S. The molecule has 2 aromatic rings. The third-order valence-corrected chi connectivity index (χ3v) is 5.43. The molecule has 0 bridgehead atoms. The number of carbonyl (C=O) groups excluding carboxylic acids is 2. The molecule has 1 aliphatic heterocycles. The van der Waals surface area contributed by atoms with E-state index >= 15 is 0 Å². The van der Waals surface area contributed by atoms with E-state index in [1.807, 2.05) is 18.7 Å². The van der Waals surface area contributed by atoms with E-state index in [9.17, 15) is 18.4 Å². The molecule has 174 valence electrons. The summed E-state index contributed by atoms with van der Waals surface area (Å²) in [6, 6.07) is 8.77. The van der Waals surface area contributed by atoms with Gasteiger partial charge in [-0.2, -0.15) is 0 Å². The van der Waals surface area contributed by atoms with Crippen LogP contribution in [-0.2, 0) is 9.53 Å². The van der Waals surface area contributed by atoms with Crippen LogP contribution in [0, 0.1) is 11.6 Å². The molecule has 0 aliphatic carbocycles. The summed E-state index contributed by atoms with van der Waals surface area (Å²) < 4.78 is 31.6. The van der Waals surface area contributed by atoms with Crippen LogP contribution in [0.1, 0.15) is 32.4 Å². The zero-order chi connectivity index (χ0) is 24.1. The molecule has 0 aromatic heterocycles. The summed E-state index contributed by atoms with van der Waals surface area (Å²) in [6.07, 6.45) is 0. The molecule has 2 amide bonds. The lowest BCUT2D eigenvalue weighted by Crippen LogP contribution is -2.47. The average molecular weight is 475 g/mol.